The van der Waals surface area contributed by atoms with E-state index in [1.54, 1.807) is 13.0 Å². The monoisotopic (exact) mass is 289 g/mol. The number of hydrogen-bond acceptors (Lipinski definition) is 2. The van der Waals surface area contributed by atoms with Crippen LogP contribution in [0.3, 0.4) is 0 Å². The van der Waals surface area contributed by atoms with Crippen molar-refractivity contribution >= 4 is 0 Å². The van der Waals surface area contributed by atoms with Crippen LogP contribution in [0.4, 0.5) is 4.39 Å². The first-order valence-corrected chi connectivity index (χ1v) is 7.30. The van der Waals surface area contributed by atoms with Gasteiger partial charge in [-0.1, -0.05) is 12.1 Å². The van der Waals surface area contributed by atoms with E-state index in [1.807, 2.05) is 24.7 Å². The van der Waals surface area contributed by atoms with Crippen LogP contribution in [0.5, 0.6) is 0 Å². The highest BCUT2D eigenvalue weighted by molar-refractivity contribution is 5.26. The van der Waals surface area contributed by atoms with Crippen molar-refractivity contribution in [2.45, 2.75) is 52.7 Å². The maximum absolute atomic E-state index is 13.7. The fourth-order valence-electron chi connectivity index (χ4n) is 2.20. The highest BCUT2D eigenvalue weighted by atomic mass is 19.1. The summed E-state index contributed by atoms with van der Waals surface area (Å²) in [5.74, 6) is -0.158. The summed E-state index contributed by atoms with van der Waals surface area (Å²) in [4.78, 5) is 4.24. The van der Waals surface area contributed by atoms with Gasteiger partial charge in [0, 0.05) is 18.3 Å². The maximum atomic E-state index is 13.7. The Labute approximate surface area is 126 Å². The summed E-state index contributed by atoms with van der Waals surface area (Å²) >= 11 is 0. The van der Waals surface area contributed by atoms with Crippen LogP contribution in [0, 0.1) is 12.7 Å². The number of imidazole rings is 1. The lowest BCUT2D eigenvalue weighted by Gasteiger charge is -2.23. The van der Waals surface area contributed by atoms with Crippen LogP contribution >= 0.6 is 0 Å². The van der Waals surface area contributed by atoms with Crippen molar-refractivity contribution < 1.29 is 4.39 Å². The van der Waals surface area contributed by atoms with Gasteiger partial charge >= 0.3 is 0 Å². The van der Waals surface area contributed by atoms with Gasteiger partial charge in [-0.05, 0) is 51.8 Å². The van der Waals surface area contributed by atoms with Gasteiger partial charge in [0.15, 0.2) is 0 Å². The molecule has 0 spiro atoms. The normalized spacial score (nSPS) is 13.4. The molecule has 1 aromatic heterocycles. The molecule has 1 heterocycles. The first-order valence-electron chi connectivity index (χ1n) is 7.30. The summed E-state index contributed by atoms with van der Waals surface area (Å²) in [5.41, 5.74) is 2.77. The number of benzene rings is 1. The average Bonchev–Trinajstić information content (AvgIpc) is 2.86. The molecule has 1 N–H and O–H groups in total. The minimum absolute atomic E-state index is 0.0499. The highest BCUT2D eigenvalue weighted by Gasteiger charge is 2.15. The molecule has 0 aliphatic carbocycles. The smallest absolute Gasteiger partial charge is 0.126 e. The second kappa shape index (κ2) is 5.98. The van der Waals surface area contributed by atoms with Gasteiger partial charge in [0.05, 0.1) is 18.1 Å². The van der Waals surface area contributed by atoms with E-state index in [0.717, 1.165) is 17.8 Å². The lowest BCUT2D eigenvalue weighted by atomic mass is 10.1. The van der Waals surface area contributed by atoms with Gasteiger partial charge in [-0.25, -0.2) is 9.37 Å². The van der Waals surface area contributed by atoms with Crippen molar-refractivity contribution in [1.29, 1.82) is 0 Å². The predicted octanol–water partition coefficient (Wildman–Crippen LogP) is 3.83. The van der Waals surface area contributed by atoms with E-state index in [9.17, 15) is 4.39 Å². The number of hydrogen-bond donors (Lipinski definition) is 1. The molecule has 0 saturated heterocycles. The average molecular weight is 289 g/mol. The van der Waals surface area contributed by atoms with Crippen LogP contribution < -0.4 is 5.32 Å². The van der Waals surface area contributed by atoms with Gasteiger partial charge in [0.1, 0.15) is 5.82 Å². The molecule has 0 fully saturated rings. The summed E-state index contributed by atoms with van der Waals surface area (Å²) < 4.78 is 15.8. The zero-order chi connectivity index (χ0) is 15.6. The third-order valence-corrected chi connectivity index (χ3v) is 3.64. The molecule has 1 aromatic carbocycles. The Morgan fingerprint density at radius 3 is 2.67 bits per heavy atom. The molecule has 0 aliphatic rings. The van der Waals surface area contributed by atoms with Crippen molar-refractivity contribution in [1.82, 2.24) is 14.9 Å². The molecule has 0 radical (unpaired) electrons. The Balaban J connectivity index is 2.21. The van der Waals surface area contributed by atoms with Gasteiger partial charge < -0.3 is 9.88 Å². The first-order chi connectivity index (χ1) is 9.78. The SMILES string of the molecule is Cc1ccc(C(C)n2cncc2CNC(C)(C)C)cc1F. The third kappa shape index (κ3) is 3.91. The molecule has 2 rings (SSSR count). The Morgan fingerprint density at radius 2 is 2.05 bits per heavy atom. The van der Waals surface area contributed by atoms with Gasteiger partial charge in [-0.3, -0.25) is 0 Å². The van der Waals surface area contributed by atoms with E-state index < -0.39 is 0 Å². The Hall–Kier alpha value is -1.68. The van der Waals surface area contributed by atoms with E-state index in [2.05, 4.69) is 42.6 Å². The van der Waals surface area contributed by atoms with Crippen molar-refractivity contribution in [2.24, 2.45) is 0 Å². The minimum atomic E-state index is -0.158. The zero-order valence-electron chi connectivity index (χ0n) is 13.4. The number of aromatic nitrogens is 2. The van der Waals surface area contributed by atoms with Crippen LogP contribution in [-0.4, -0.2) is 15.1 Å². The molecule has 21 heavy (non-hydrogen) atoms. The fourth-order valence-corrected chi connectivity index (χ4v) is 2.20. The highest BCUT2D eigenvalue weighted by Crippen LogP contribution is 2.22. The Bertz CT molecular complexity index is 611. The summed E-state index contributed by atoms with van der Waals surface area (Å²) in [7, 11) is 0. The molecule has 0 aliphatic heterocycles. The molecule has 0 saturated carbocycles. The van der Waals surface area contributed by atoms with Crippen LogP contribution in [0.15, 0.2) is 30.7 Å². The van der Waals surface area contributed by atoms with E-state index in [4.69, 9.17) is 0 Å². The van der Waals surface area contributed by atoms with Gasteiger partial charge in [-0.2, -0.15) is 0 Å². The summed E-state index contributed by atoms with van der Waals surface area (Å²) in [6.45, 7) is 11.0. The van der Waals surface area contributed by atoms with Gasteiger partial charge in [0.2, 0.25) is 0 Å². The van der Waals surface area contributed by atoms with Crippen LogP contribution in [0.1, 0.15) is 50.6 Å². The topological polar surface area (TPSA) is 29.9 Å². The molecule has 3 nitrogen and oxygen atoms in total. The Morgan fingerprint density at radius 1 is 1.33 bits per heavy atom. The number of nitrogens with one attached hydrogen (secondary N) is 1. The van der Waals surface area contributed by atoms with Crippen LogP contribution in [0.25, 0.3) is 0 Å². The minimum Gasteiger partial charge on any atom is -0.326 e. The zero-order valence-corrected chi connectivity index (χ0v) is 13.4. The second-order valence-corrected chi connectivity index (χ2v) is 6.58. The van der Waals surface area contributed by atoms with Crippen LogP contribution in [-0.2, 0) is 6.54 Å². The molecular weight excluding hydrogens is 265 g/mol. The molecule has 114 valence electrons. The molecule has 1 atom stereocenters. The quantitative estimate of drug-likeness (QED) is 0.927. The van der Waals surface area contributed by atoms with Crippen molar-refractivity contribution in [3.63, 3.8) is 0 Å². The van der Waals surface area contributed by atoms with E-state index in [-0.39, 0.29) is 17.4 Å². The second-order valence-electron chi connectivity index (χ2n) is 6.58. The van der Waals surface area contributed by atoms with Gasteiger partial charge in [0.25, 0.3) is 0 Å². The molecule has 1 unspecified atom stereocenters. The van der Waals surface area contributed by atoms with Crippen molar-refractivity contribution in [3.8, 4) is 0 Å². The van der Waals surface area contributed by atoms with Crippen LogP contribution in [0.2, 0.25) is 0 Å². The first kappa shape index (κ1) is 15.7. The lowest BCUT2D eigenvalue weighted by molar-refractivity contribution is 0.413. The summed E-state index contributed by atoms with van der Waals surface area (Å²) in [6, 6.07) is 5.47. The lowest BCUT2D eigenvalue weighted by Crippen LogP contribution is -2.35. The number of rotatable bonds is 4. The molecule has 0 amide bonds. The fraction of sp³-hybridized carbons (Fsp3) is 0.471. The molecular formula is C17H24FN3. The molecule has 0 bridgehead atoms. The molecule has 4 heteroatoms. The van der Waals surface area contributed by atoms with Crippen molar-refractivity contribution in [3.05, 3.63) is 53.4 Å². The summed E-state index contributed by atoms with van der Waals surface area (Å²) in [6.07, 6.45) is 3.67. The van der Waals surface area contributed by atoms with Gasteiger partial charge in [-0.15, -0.1) is 0 Å². The number of aryl methyl sites for hydroxylation is 1. The van der Waals surface area contributed by atoms with E-state index in [1.165, 1.54) is 0 Å². The summed E-state index contributed by atoms with van der Waals surface area (Å²) in [5, 5.41) is 3.46. The van der Waals surface area contributed by atoms with Crippen molar-refractivity contribution in [2.75, 3.05) is 0 Å². The molecule has 2 aromatic rings. The largest absolute Gasteiger partial charge is 0.326 e. The number of halogens is 1. The van der Waals surface area contributed by atoms with E-state index in [0.29, 0.717) is 5.56 Å². The maximum Gasteiger partial charge on any atom is 0.126 e. The Kier molecular flexibility index (Phi) is 4.47. The predicted molar refractivity (Wildman–Crippen MR) is 83.8 cm³/mol. The third-order valence-electron chi connectivity index (χ3n) is 3.64. The standard InChI is InChI=1S/C17H24FN3/c1-12-6-7-14(8-16(12)18)13(2)21-11-19-9-15(21)10-20-17(3,4)5/h6-9,11,13,20H,10H2,1-5H3. The number of nitrogens with zero attached hydrogens (tertiary/aromatic N) is 2. The van der Waals surface area contributed by atoms with E-state index >= 15 is 0 Å².